The Balaban J connectivity index is 1.49. The maximum absolute atomic E-state index is 13.9. The van der Waals surface area contributed by atoms with Crippen LogP contribution in [-0.4, -0.2) is 49.5 Å². The largest absolute Gasteiger partial charge is 0.390 e. The summed E-state index contributed by atoms with van der Waals surface area (Å²) >= 11 is 0. The van der Waals surface area contributed by atoms with Crippen molar-refractivity contribution < 1.29 is 14.6 Å². The lowest BCUT2D eigenvalue weighted by Crippen LogP contribution is -2.57. The van der Waals surface area contributed by atoms with E-state index in [0.717, 1.165) is 38.6 Å². The van der Waals surface area contributed by atoms with Gasteiger partial charge in [0.25, 0.3) is 0 Å². The van der Waals surface area contributed by atoms with Crippen molar-refractivity contribution in [2.45, 2.75) is 63.0 Å². The highest BCUT2D eigenvalue weighted by Crippen LogP contribution is 2.76. The number of β-amino-alcohol motifs (C(OH)–C–C–N with tert-alkyl or cyclic N) is 1. The number of benzene rings is 1. The van der Waals surface area contributed by atoms with Gasteiger partial charge in [-0.05, 0) is 68.9 Å². The van der Waals surface area contributed by atoms with Crippen LogP contribution in [-0.2, 0) is 14.9 Å². The van der Waals surface area contributed by atoms with Gasteiger partial charge in [0, 0.05) is 18.6 Å². The van der Waals surface area contributed by atoms with Crippen molar-refractivity contribution in [3.05, 3.63) is 35.9 Å². The number of aliphatic hydroxyl groups is 1. The number of carbonyl (C=O) groups is 1. The Kier molecular flexibility index (Phi) is 4.76. The lowest BCUT2D eigenvalue weighted by Gasteiger charge is -2.41. The summed E-state index contributed by atoms with van der Waals surface area (Å²) in [4.78, 5) is 13.9. The average Bonchev–Trinajstić information content (AvgIpc) is 3.08. The summed E-state index contributed by atoms with van der Waals surface area (Å²) in [5.41, 5.74) is 1.03. The molecule has 5 aliphatic rings. The second-order valence-electron chi connectivity index (χ2n) is 10.1. The summed E-state index contributed by atoms with van der Waals surface area (Å²) in [5.74, 6) is 0.755. The van der Waals surface area contributed by atoms with Crippen LogP contribution in [0.25, 0.3) is 0 Å². The molecule has 6 rings (SSSR count). The number of nitrogens with one attached hydrogen (secondary N) is 2. The van der Waals surface area contributed by atoms with E-state index in [1.807, 2.05) is 6.92 Å². The molecule has 29 heavy (non-hydrogen) atoms. The van der Waals surface area contributed by atoms with Gasteiger partial charge in [-0.25, -0.2) is 0 Å². The van der Waals surface area contributed by atoms with E-state index in [1.54, 1.807) is 0 Å². The molecule has 4 bridgehead atoms. The van der Waals surface area contributed by atoms with Crippen LogP contribution in [0.4, 0.5) is 0 Å². The van der Waals surface area contributed by atoms with Gasteiger partial charge < -0.3 is 20.5 Å². The first-order valence-corrected chi connectivity index (χ1v) is 11.4. The van der Waals surface area contributed by atoms with Gasteiger partial charge in [0.05, 0.1) is 24.2 Å². The van der Waals surface area contributed by atoms with E-state index >= 15 is 0 Å². The van der Waals surface area contributed by atoms with Gasteiger partial charge in [0.2, 0.25) is 5.91 Å². The van der Waals surface area contributed by atoms with E-state index in [1.165, 1.54) is 12.0 Å². The molecule has 0 aromatic heterocycles. The highest BCUT2D eigenvalue weighted by atomic mass is 16.5. The van der Waals surface area contributed by atoms with Crippen LogP contribution in [0.5, 0.6) is 0 Å². The summed E-state index contributed by atoms with van der Waals surface area (Å²) in [7, 11) is 0. The second-order valence-corrected chi connectivity index (χ2v) is 10.1. The highest BCUT2D eigenvalue weighted by molar-refractivity contribution is 5.86. The Morgan fingerprint density at radius 1 is 1.24 bits per heavy atom. The maximum Gasteiger partial charge on any atom is 0.227 e. The first kappa shape index (κ1) is 19.5. The topological polar surface area (TPSA) is 70.6 Å². The van der Waals surface area contributed by atoms with E-state index < -0.39 is 6.10 Å². The zero-order chi connectivity index (χ0) is 20.1. The molecular weight excluding hydrogens is 364 g/mol. The molecule has 3 N–H and O–H groups in total. The Morgan fingerprint density at radius 3 is 2.83 bits per heavy atom. The van der Waals surface area contributed by atoms with E-state index in [-0.39, 0.29) is 28.2 Å². The lowest BCUT2D eigenvalue weighted by molar-refractivity contribution is -0.140. The van der Waals surface area contributed by atoms with Gasteiger partial charge in [-0.1, -0.05) is 30.3 Å². The second kappa shape index (κ2) is 7.07. The molecule has 158 valence electrons. The predicted octanol–water partition coefficient (Wildman–Crippen LogP) is 2.38. The zero-order valence-electron chi connectivity index (χ0n) is 17.5. The normalized spacial score (nSPS) is 42.9. The van der Waals surface area contributed by atoms with Crippen molar-refractivity contribution >= 4 is 5.91 Å². The summed E-state index contributed by atoms with van der Waals surface area (Å²) < 4.78 is 6.02. The lowest BCUT2D eigenvalue weighted by atomic mass is 9.63. The van der Waals surface area contributed by atoms with Crippen molar-refractivity contribution in [2.24, 2.45) is 16.7 Å². The third-order valence-corrected chi connectivity index (χ3v) is 8.50. The fourth-order valence-corrected chi connectivity index (χ4v) is 7.55. The van der Waals surface area contributed by atoms with Crippen molar-refractivity contribution in [3.8, 4) is 0 Å². The minimum absolute atomic E-state index is 0.0796. The molecule has 6 atom stereocenters. The highest BCUT2D eigenvalue weighted by Gasteiger charge is 2.74. The molecule has 5 heteroatoms. The molecule has 5 fully saturated rings. The molecule has 0 spiro atoms. The van der Waals surface area contributed by atoms with Crippen LogP contribution >= 0.6 is 0 Å². The van der Waals surface area contributed by atoms with Crippen LogP contribution in [0, 0.1) is 16.7 Å². The van der Waals surface area contributed by atoms with Crippen LogP contribution in [0.3, 0.4) is 0 Å². The minimum atomic E-state index is -0.509. The SMILES string of the molecule is CCOC[C@]12CC3CC1(C(=O)N[C@@H]1CCNC[C@H]1O)C[C@@](c1ccccc1)(C3)C2. The summed E-state index contributed by atoms with van der Waals surface area (Å²) in [5, 5.41) is 16.9. The fourth-order valence-electron chi connectivity index (χ4n) is 7.55. The van der Waals surface area contributed by atoms with Crippen molar-refractivity contribution in [3.63, 3.8) is 0 Å². The molecule has 2 unspecified atom stereocenters. The quantitative estimate of drug-likeness (QED) is 0.688. The number of hydrogen-bond acceptors (Lipinski definition) is 4. The molecule has 1 aromatic rings. The smallest absolute Gasteiger partial charge is 0.227 e. The third kappa shape index (κ3) is 2.88. The Bertz CT molecular complexity index is 771. The standard InChI is InChI=1S/C24H34N2O3/c1-2-29-16-23-11-17-10-22(14-23,18-6-4-3-5-7-18)15-24(23,12-17)21(28)26-19-8-9-25-13-20(19)27/h3-7,17,19-20,25,27H,2,8-16H2,1H3,(H,26,28)/t17?,19-,20-,22-,23-,24?/m1/s1. The number of rotatable bonds is 6. The average molecular weight is 399 g/mol. The molecule has 4 aliphatic carbocycles. The molecule has 1 aliphatic heterocycles. The molecular formula is C24H34N2O3. The summed E-state index contributed by atoms with van der Waals surface area (Å²) in [6.07, 6.45) is 5.50. The molecule has 1 amide bonds. The first-order chi connectivity index (χ1) is 14.0. The molecule has 5 nitrogen and oxygen atoms in total. The number of piperidine rings is 1. The molecule has 1 aromatic carbocycles. The van der Waals surface area contributed by atoms with E-state index in [0.29, 0.717) is 25.7 Å². The van der Waals surface area contributed by atoms with Gasteiger partial charge in [0.15, 0.2) is 0 Å². The van der Waals surface area contributed by atoms with Crippen LogP contribution in [0.1, 0.15) is 51.0 Å². The third-order valence-electron chi connectivity index (χ3n) is 8.50. The van der Waals surface area contributed by atoms with Crippen molar-refractivity contribution in [1.82, 2.24) is 10.6 Å². The van der Waals surface area contributed by atoms with E-state index in [4.69, 9.17) is 4.74 Å². The Hall–Kier alpha value is -1.43. The fraction of sp³-hybridized carbons (Fsp3) is 0.708. The number of ether oxygens (including phenoxy) is 1. The minimum Gasteiger partial charge on any atom is -0.390 e. The summed E-state index contributed by atoms with van der Waals surface area (Å²) in [6, 6.07) is 10.7. The van der Waals surface area contributed by atoms with Crippen molar-refractivity contribution in [1.29, 1.82) is 0 Å². The van der Waals surface area contributed by atoms with Gasteiger partial charge >= 0.3 is 0 Å². The monoisotopic (exact) mass is 398 g/mol. The Morgan fingerprint density at radius 2 is 2.07 bits per heavy atom. The van der Waals surface area contributed by atoms with Crippen LogP contribution in [0.2, 0.25) is 0 Å². The number of carbonyl (C=O) groups excluding carboxylic acids is 1. The molecule has 0 radical (unpaired) electrons. The Labute approximate surface area is 173 Å². The van der Waals surface area contributed by atoms with Crippen molar-refractivity contribution in [2.75, 3.05) is 26.3 Å². The number of aliphatic hydroxyl groups excluding tert-OH is 1. The van der Waals surface area contributed by atoms with E-state index in [2.05, 4.69) is 41.0 Å². The van der Waals surface area contributed by atoms with Gasteiger partial charge in [-0.15, -0.1) is 0 Å². The first-order valence-electron chi connectivity index (χ1n) is 11.4. The van der Waals surface area contributed by atoms with Crippen LogP contribution < -0.4 is 10.6 Å². The van der Waals surface area contributed by atoms with Gasteiger partial charge in [-0.3, -0.25) is 4.79 Å². The molecule has 1 saturated heterocycles. The molecule has 4 saturated carbocycles. The number of amides is 1. The van der Waals surface area contributed by atoms with Gasteiger partial charge in [0.1, 0.15) is 0 Å². The number of hydrogen-bond donors (Lipinski definition) is 3. The van der Waals surface area contributed by atoms with E-state index in [9.17, 15) is 9.90 Å². The van der Waals surface area contributed by atoms with Crippen LogP contribution in [0.15, 0.2) is 30.3 Å². The maximum atomic E-state index is 13.9. The summed E-state index contributed by atoms with van der Waals surface area (Å²) in [6.45, 7) is 4.81. The zero-order valence-corrected chi connectivity index (χ0v) is 17.5. The molecule has 1 heterocycles. The van der Waals surface area contributed by atoms with Gasteiger partial charge in [-0.2, -0.15) is 0 Å². The predicted molar refractivity (Wildman–Crippen MR) is 111 cm³/mol.